The molecule has 0 bridgehead atoms. The summed E-state index contributed by atoms with van der Waals surface area (Å²) in [5.41, 5.74) is 0.914. The van der Waals surface area contributed by atoms with E-state index in [2.05, 4.69) is 10.2 Å². The maximum absolute atomic E-state index is 10.2. The first-order chi connectivity index (χ1) is 7.38. The standard InChI is InChI=1S/C12H18N2O/c15-12(11-7-8-13-14-9-11)10-5-3-1-2-4-6-10/h7-10,12,15H,1-6H2. The molecule has 1 atom stereocenters. The van der Waals surface area contributed by atoms with Crippen LogP contribution in [0.2, 0.25) is 0 Å². The second-order valence-corrected chi connectivity index (χ2v) is 4.37. The molecule has 0 aliphatic heterocycles. The summed E-state index contributed by atoms with van der Waals surface area (Å²) < 4.78 is 0. The summed E-state index contributed by atoms with van der Waals surface area (Å²) in [5.74, 6) is 0.414. The molecule has 1 unspecified atom stereocenters. The van der Waals surface area contributed by atoms with Gasteiger partial charge in [-0.1, -0.05) is 25.7 Å². The molecule has 1 N–H and O–H groups in total. The zero-order valence-corrected chi connectivity index (χ0v) is 8.97. The Morgan fingerprint density at radius 1 is 1.13 bits per heavy atom. The van der Waals surface area contributed by atoms with Gasteiger partial charge in [0.25, 0.3) is 0 Å². The van der Waals surface area contributed by atoms with Crippen LogP contribution in [0.4, 0.5) is 0 Å². The number of aliphatic hydroxyl groups is 1. The molecular weight excluding hydrogens is 188 g/mol. The molecule has 82 valence electrons. The Morgan fingerprint density at radius 2 is 1.87 bits per heavy atom. The second kappa shape index (κ2) is 5.21. The van der Waals surface area contributed by atoms with Crippen LogP contribution in [0.3, 0.4) is 0 Å². The highest BCUT2D eigenvalue weighted by Crippen LogP contribution is 2.32. The number of rotatable bonds is 2. The lowest BCUT2D eigenvalue weighted by molar-refractivity contribution is 0.0983. The van der Waals surface area contributed by atoms with Gasteiger partial charge in [0.15, 0.2) is 0 Å². The van der Waals surface area contributed by atoms with Gasteiger partial charge in [0.05, 0.1) is 12.3 Å². The zero-order valence-electron chi connectivity index (χ0n) is 8.97. The predicted molar refractivity (Wildman–Crippen MR) is 58.2 cm³/mol. The number of aliphatic hydroxyl groups excluding tert-OH is 1. The number of aromatic nitrogens is 2. The van der Waals surface area contributed by atoms with Crippen molar-refractivity contribution in [2.75, 3.05) is 0 Å². The molecular formula is C12H18N2O. The maximum Gasteiger partial charge on any atom is 0.0834 e. The lowest BCUT2D eigenvalue weighted by Gasteiger charge is -2.20. The SMILES string of the molecule is OC(c1ccnnc1)C1CCCCCC1. The van der Waals surface area contributed by atoms with Gasteiger partial charge in [0, 0.05) is 11.8 Å². The number of hydrogen-bond acceptors (Lipinski definition) is 3. The lowest BCUT2D eigenvalue weighted by Crippen LogP contribution is -2.12. The van der Waals surface area contributed by atoms with Crippen molar-refractivity contribution in [3.05, 3.63) is 24.0 Å². The smallest absolute Gasteiger partial charge is 0.0834 e. The molecule has 1 fully saturated rings. The Balaban J connectivity index is 2.03. The largest absolute Gasteiger partial charge is 0.388 e. The highest BCUT2D eigenvalue weighted by molar-refractivity contribution is 5.10. The summed E-state index contributed by atoms with van der Waals surface area (Å²) >= 11 is 0. The van der Waals surface area contributed by atoms with Gasteiger partial charge in [-0.2, -0.15) is 10.2 Å². The molecule has 0 spiro atoms. The minimum absolute atomic E-state index is 0.349. The first-order valence-electron chi connectivity index (χ1n) is 5.82. The topological polar surface area (TPSA) is 46.0 Å². The molecule has 0 amide bonds. The third kappa shape index (κ3) is 2.75. The molecule has 15 heavy (non-hydrogen) atoms. The summed E-state index contributed by atoms with van der Waals surface area (Å²) in [5, 5.41) is 17.7. The van der Waals surface area contributed by atoms with E-state index in [4.69, 9.17) is 0 Å². The van der Waals surface area contributed by atoms with Crippen LogP contribution in [-0.2, 0) is 0 Å². The Labute approximate surface area is 90.5 Å². The van der Waals surface area contributed by atoms with Gasteiger partial charge in [-0.25, -0.2) is 0 Å². The van der Waals surface area contributed by atoms with E-state index in [1.165, 1.54) is 25.7 Å². The fourth-order valence-electron chi connectivity index (χ4n) is 2.37. The van der Waals surface area contributed by atoms with Crippen molar-refractivity contribution in [1.29, 1.82) is 0 Å². The van der Waals surface area contributed by atoms with Crippen LogP contribution >= 0.6 is 0 Å². The highest BCUT2D eigenvalue weighted by Gasteiger charge is 2.22. The van der Waals surface area contributed by atoms with Crippen LogP contribution in [0, 0.1) is 5.92 Å². The van der Waals surface area contributed by atoms with E-state index in [1.54, 1.807) is 12.4 Å². The summed E-state index contributed by atoms with van der Waals surface area (Å²) in [6.07, 6.45) is 10.4. The van der Waals surface area contributed by atoms with Crippen molar-refractivity contribution >= 4 is 0 Å². The quantitative estimate of drug-likeness (QED) is 0.756. The Bertz CT molecular complexity index is 281. The Kier molecular flexibility index (Phi) is 3.67. The van der Waals surface area contributed by atoms with Crippen molar-refractivity contribution in [2.24, 2.45) is 5.92 Å². The van der Waals surface area contributed by atoms with E-state index < -0.39 is 0 Å². The fraction of sp³-hybridized carbons (Fsp3) is 0.667. The first-order valence-corrected chi connectivity index (χ1v) is 5.82. The Hall–Kier alpha value is -0.960. The van der Waals surface area contributed by atoms with E-state index >= 15 is 0 Å². The van der Waals surface area contributed by atoms with Crippen molar-refractivity contribution in [2.45, 2.75) is 44.6 Å². The number of hydrogen-bond donors (Lipinski definition) is 1. The molecule has 3 heteroatoms. The van der Waals surface area contributed by atoms with E-state index in [0.29, 0.717) is 5.92 Å². The average molecular weight is 206 g/mol. The van der Waals surface area contributed by atoms with Gasteiger partial charge in [-0.3, -0.25) is 0 Å². The summed E-state index contributed by atoms with van der Waals surface area (Å²) in [6.45, 7) is 0. The molecule has 1 aliphatic rings. The molecule has 1 heterocycles. The third-order valence-electron chi connectivity index (χ3n) is 3.29. The summed E-state index contributed by atoms with van der Waals surface area (Å²) in [7, 11) is 0. The van der Waals surface area contributed by atoms with Crippen molar-refractivity contribution < 1.29 is 5.11 Å². The van der Waals surface area contributed by atoms with Gasteiger partial charge < -0.3 is 5.11 Å². The molecule has 2 rings (SSSR count). The summed E-state index contributed by atoms with van der Waals surface area (Å²) in [6, 6.07) is 1.86. The van der Waals surface area contributed by atoms with Gasteiger partial charge in [-0.05, 0) is 24.8 Å². The molecule has 3 nitrogen and oxygen atoms in total. The minimum Gasteiger partial charge on any atom is -0.388 e. The third-order valence-corrected chi connectivity index (χ3v) is 3.29. The minimum atomic E-state index is -0.349. The summed E-state index contributed by atoms with van der Waals surface area (Å²) in [4.78, 5) is 0. The monoisotopic (exact) mass is 206 g/mol. The molecule has 1 saturated carbocycles. The van der Waals surface area contributed by atoms with E-state index in [-0.39, 0.29) is 6.10 Å². The average Bonchev–Trinajstić information content (AvgIpc) is 2.58. The van der Waals surface area contributed by atoms with E-state index in [1.807, 2.05) is 6.07 Å². The van der Waals surface area contributed by atoms with Gasteiger partial charge in [-0.15, -0.1) is 0 Å². The van der Waals surface area contributed by atoms with Gasteiger partial charge in [0.1, 0.15) is 0 Å². The Morgan fingerprint density at radius 3 is 2.47 bits per heavy atom. The van der Waals surface area contributed by atoms with Gasteiger partial charge >= 0.3 is 0 Å². The molecule has 0 aromatic carbocycles. The van der Waals surface area contributed by atoms with Crippen LogP contribution in [0.25, 0.3) is 0 Å². The normalized spacial score (nSPS) is 20.9. The second-order valence-electron chi connectivity index (χ2n) is 4.37. The van der Waals surface area contributed by atoms with Gasteiger partial charge in [0.2, 0.25) is 0 Å². The van der Waals surface area contributed by atoms with Crippen LogP contribution in [0.5, 0.6) is 0 Å². The van der Waals surface area contributed by atoms with Crippen LogP contribution < -0.4 is 0 Å². The lowest BCUT2D eigenvalue weighted by atomic mass is 9.90. The molecule has 1 aromatic heterocycles. The van der Waals surface area contributed by atoms with Crippen LogP contribution in [0.15, 0.2) is 18.5 Å². The predicted octanol–water partition coefficient (Wildman–Crippen LogP) is 2.48. The molecule has 1 aromatic rings. The highest BCUT2D eigenvalue weighted by atomic mass is 16.3. The molecule has 0 saturated heterocycles. The number of nitrogens with zero attached hydrogens (tertiary/aromatic N) is 2. The van der Waals surface area contributed by atoms with Crippen molar-refractivity contribution in [1.82, 2.24) is 10.2 Å². The first kappa shape index (κ1) is 10.6. The molecule has 0 radical (unpaired) electrons. The van der Waals surface area contributed by atoms with E-state index in [9.17, 15) is 5.11 Å². The van der Waals surface area contributed by atoms with Crippen LogP contribution in [-0.4, -0.2) is 15.3 Å². The van der Waals surface area contributed by atoms with Crippen LogP contribution in [0.1, 0.15) is 50.2 Å². The fourth-order valence-corrected chi connectivity index (χ4v) is 2.37. The van der Waals surface area contributed by atoms with E-state index in [0.717, 1.165) is 18.4 Å². The van der Waals surface area contributed by atoms with Crippen molar-refractivity contribution in [3.63, 3.8) is 0 Å². The zero-order chi connectivity index (χ0) is 10.5. The van der Waals surface area contributed by atoms with Crippen molar-refractivity contribution in [3.8, 4) is 0 Å². The molecule has 1 aliphatic carbocycles. The maximum atomic E-state index is 10.2.